The fraction of sp³-hybridized carbons (Fsp3) is 0.231. The van der Waals surface area contributed by atoms with Crippen molar-refractivity contribution in [2.45, 2.75) is 17.8 Å². The van der Waals surface area contributed by atoms with Crippen molar-refractivity contribution >= 4 is 41.2 Å². The summed E-state index contributed by atoms with van der Waals surface area (Å²) in [6.45, 7) is 3.97. The van der Waals surface area contributed by atoms with Gasteiger partial charge in [0.1, 0.15) is 4.84 Å². The van der Waals surface area contributed by atoms with Gasteiger partial charge in [-0.25, -0.2) is 4.79 Å². The second-order valence-corrected chi connectivity index (χ2v) is 5.05. The molecule has 1 rings (SSSR count). The molecule has 4 nitrogen and oxygen atoms in total. The number of nitrogens with one attached hydrogen (secondary N) is 2. The number of carbonyl (C=O) groups is 2. The lowest BCUT2D eigenvalue weighted by molar-refractivity contribution is -0.119. The zero-order valence-corrected chi connectivity index (χ0v) is 11.7. The summed E-state index contributed by atoms with van der Waals surface area (Å²) in [6, 6.07) is 6.93. The smallest absolute Gasteiger partial charge is 0.321 e. The molecule has 0 aromatic heterocycles. The Morgan fingerprint density at radius 1 is 1.26 bits per heavy atom. The molecule has 0 aliphatic rings. The van der Waals surface area contributed by atoms with Crippen LogP contribution in [0.2, 0.25) is 0 Å². The van der Waals surface area contributed by atoms with Crippen molar-refractivity contribution in [2.75, 3.05) is 0 Å². The molecule has 1 aromatic carbocycles. The topological polar surface area (TPSA) is 58.2 Å². The number of hydrogen-bond acceptors (Lipinski definition) is 2. The molecule has 0 aliphatic heterocycles. The monoisotopic (exact) mass is 300 g/mol. The van der Waals surface area contributed by atoms with E-state index in [0.29, 0.717) is 6.54 Å². The van der Waals surface area contributed by atoms with Crippen molar-refractivity contribution in [3.05, 3.63) is 42.0 Å². The van der Waals surface area contributed by atoms with Crippen molar-refractivity contribution < 1.29 is 9.59 Å². The van der Waals surface area contributed by atoms with Crippen LogP contribution in [0.5, 0.6) is 0 Å². The van der Waals surface area contributed by atoms with E-state index in [-0.39, 0.29) is 6.42 Å². The van der Waals surface area contributed by atoms with Crippen molar-refractivity contribution in [1.82, 2.24) is 10.6 Å². The third-order valence-corrected chi connectivity index (χ3v) is 2.57. The van der Waals surface area contributed by atoms with Gasteiger partial charge >= 0.3 is 6.03 Å². The fourth-order valence-electron chi connectivity index (χ4n) is 1.32. The molecule has 0 spiro atoms. The van der Waals surface area contributed by atoms with E-state index in [1.165, 1.54) is 0 Å². The predicted octanol–water partition coefficient (Wildman–Crippen LogP) is 2.85. The predicted molar refractivity (Wildman–Crippen MR) is 77.0 cm³/mol. The lowest BCUT2D eigenvalue weighted by Gasteiger charge is -2.07. The average Bonchev–Trinajstić information content (AvgIpc) is 2.36. The number of rotatable bonds is 5. The molecule has 0 saturated heterocycles. The Morgan fingerprint density at radius 2 is 1.89 bits per heavy atom. The Kier molecular flexibility index (Phi) is 6.39. The van der Waals surface area contributed by atoms with E-state index in [9.17, 15) is 9.59 Å². The van der Waals surface area contributed by atoms with Crippen molar-refractivity contribution in [1.29, 1.82) is 0 Å². The van der Waals surface area contributed by atoms with Gasteiger partial charge in [0.2, 0.25) is 5.91 Å². The molecule has 0 radical (unpaired) electrons. The number of hydrogen-bond donors (Lipinski definition) is 2. The summed E-state index contributed by atoms with van der Waals surface area (Å²) < 4.78 is 0. The normalized spacial score (nSPS) is 10.1. The van der Waals surface area contributed by atoms with Gasteiger partial charge in [-0.2, -0.15) is 0 Å². The first-order valence-electron chi connectivity index (χ1n) is 5.58. The molecule has 19 heavy (non-hydrogen) atoms. The van der Waals surface area contributed by atoms with Crippen LogP contribution in [0.4, 0.5) is 4.79 Å². The van der Waals surface area contributed by atoms with E-state index in [1.807, 2.05) is 24.3 Å². The minimum Gasteiger partial charge on any atom is -0.334 e. The van der Waals surface area contributed by atoms with Crippen LogP contribution in [0.15, 0.2) is 30.8 Å². The third kappa shape index (κ3) is 6.27. The summed E-state index contributed by atoms with van der Waals surface area (Å²) in [4.78, 5) is 21.8. The summed E-state index contributed by atoms with van der Waals surface area (Å²) in [6.07, 6.45) is 1.61. The zero-order chi connectivity index (χ0) is 14.3. The van der Waals surface area contributed by atoms with Gasteiger partial charge in [-0.15, -0.1) is 23.2 Å². The van der Waals surface area contributed by atoms with Crippen molar-refractivity contribution in [3.63, 3.8) is 0 Å². The minimum atomic E-state index is -0.820. The van der Waals surface area contributed by atoms with Gasteiger partial charge in [-0.05, 0) is 11.1 Å². The number of halogens is 2. The number of amides is 3. The largest absolute Gasteiger partial charge is 0.334 e. The van der Waals surface area contributed by atoms with E-state index in [1.54, 1.807) is 6.08 Å². The van der Waals surface area contributed by atoms with Crippen LogP contribution >= 0.6 is 23.2 Å². The Balaban J connectivity index is 2.37. The summed E-state index contributed by atoms with van der Waals surface area (Å²) in [5.74, 6) is -0.519. The van der Waals surface area contributed by atoms with Crippen molar-refractivity contribution in [3.8, 4) is 0 Å². The first kappa shape index (κ1) is 15.5. The molecule has 0 atom stereocenters. The number of urea groups is 1. The molecule has 0 saturated carbocycles. The lowest BCUT2D eigenvalue weighted by atomic mass is 10.1. The molecule has 102 valence electrons. The third-order valence-electron chi connectivity index (χ3n) is 2.26. The van der Waals surface area contributed by atoms with Gasteiger partial charge in [-0.1, -0.05) is 36.9 Å². The molecular weight excluding hydrogens is 287 g/mol. The van der Waals surface area contributed by atoms with Crippen LogP contribution in [0.3, 0.4) is 0 Å². The molecule has 3 amide bonds. The van der Waals surface area contributed by atoms with Crippen LogP contribution < -0.4 is 10.6 Å². The molecule has 1 aromatic rings. The maximum absolute atomic E-state index is 11.4. The quantitative estimate of drug-likeness (QED) is 0.822. The van der Waals surface area contributed by atoms with Gasteiger partial charge in [0, 0.05) is 6.54 Å². The number of alkyl halides is 2. The van der Waals surface area contributed by atoms with Gasteiger partial charge in [-0.3, -0.25) is 10.1 Å². The van der Waals surface area contributed by atoms with Gasteiger partial charge < -0.3 is 5.32 Å². The van der Waals surface area contributed by atoms with Gasteiger partial charge in [0.05, 0.1) is 6.42 Å². The molecule has 0 aliphatic carbocycles. The summed E-state index contributed by atoms with van der Waals surface area (Å²) in [5, 5.41) is 4.69. The van der Waals surface area contributed by atoms with Gasteiger partial charge in [0.15, 0.2) is 0 Å². The van der Waals surface area contributed by atoms with Crippen LogP contribution in [-0.2, 0) is 11.3 Å². The molecule has 2 N–H and O–H groups in total. The summed E-state index contributed by atoms with van der Waals surface area (Å²) >= 11 is 10.8. The van der Waals surface area contributed by atoms with E-state index in [2.05, 4.69) is 17.2 Å². The number of benzene rings is 1. The maximum atomic E-state index is 11.4. The summed E-state index contributed by atoms with van der Waals surface area (Å²) in [5.41, 5.74) is 1.92. The molecule has 0 bridgehead atoms. The number of imide groups is 1. The zero-order valence-electron chi connectivity index (χ0n) is 10.2. The van der Waals surface area contributed by atoms with Crippen LogP contribution in [0.25, 0.3) is 6.08 Å². The Labute approximate surface area is 121 Å². The highest BCUT2D eigenvalue weighted by Crippen LogP contribution is 2.06. The molecular formula is C13H14Cl2N2O2. The highest BCUT2D eigenvalue weighted by atomic mass is 35.5. The van der Waals surface area contributed by atoms with E-state index < -0.39 is 16.8 Å². The second-order valence-electron chi connectivity index (χ2n) is 3.77. The summed E-state index contributed by atoms with van der Waals surface area (Å²) in [7, 11) is 0. The van der Waals surface area contributed by atoms with Crippen molar-refractivity contribution in [2.24, 2.45) is 0 Å². The minimum absolute atomic E-state index is 0.120. The fourth-order valence-corrected chi connectivity index (χ4v) is 1.60. The molecule has 0 unspecified atom stereocenters. The van der Waals surface area contributed by atoms with Crippen LogP contribution in [0, 0.1) is 0 Å². The number of carbonyl (C=O) groups excluding carboxylic acids is 2. The highest BCUT2D eigenvalue weighted by molar-refractivity contribution is 6.45. The van der Waals surface area contributed by atoms with E-state index >= 15 is 0 Å². The van der Waals surface area contributed by atoms with E-state index in [0.717, 1.165) is 11.1 Å². The molecule has 6 heteroatoms. The SMILES string of the molecule is C=Cc1ccc(CNC(=O)NC(=O)CC(Cl)Cl)cc1. The Morgan fingerprint density at radius 3 is 2.42 bits per heavy atom. The van der Waals surface area contributed by atoms with Gasteiger partial charge in [0.25, 0.3) is 0 Å². The molecule has 0 heterocycles. The Hall–Kier alpha value is -1.52. The van der Waals surface area contributed by atoms with Crippen LogP contribution in [-0.4, -0.2) is 16.8 Å². The second kappa shape index (κ2) is 7.81. The highest BCUT2D eigenvalue weighted by Gasteiger charge is 2.11. The first-order chi connectivity index (χ1) is 9.01. The standard InChI is InChI=1S/C13H14Cl2N2O2/c1-2-9-3-5-10(6-4-9)8-16-13(19)17-12(18)7-11(14)15/h2-6,11H,1,7-8H2,(H2,16,17,18,19). The lowest BCUT2D eigenvalue weighted by Crippen LogP contribution is -2.39. The Bertz CT molecular complexity index is 458. The molecule has 0 fully saturated rings. The van der Waals surface area contributed by atoms with Crippen LogP contribution in [0.1, 0.15) is 17.5 Å². The average molecular weight is 301 g/mol. The van der Waals surface area contributed by atoms with E-state index in [4.69, 9.17) is 23.2 Å². The maximum Gasteiger partial charge on any atom is 0.321 e. The first-order valence-corrected chi connectivity index (χ1v) is 6.45.